The monoisotopic (exact) mass is 564 g/mol. The first-order chi connectivity index (χ1) is 18.8. The van der Waals surface area contributed by atoms with Crippen molar-refractivity contribution in [1.82, 2.24) is 5.32 Å². The van der Waals surface area contributed by atoms with Gasteiger partial charge in [0.25, 0.3) is 5.91 Å². The minimum atomic E-state index is -4.56. The minimum absolute atomic E-state index is 0.00841. The molecule has 0 bridgehead atoms. The van der Waals surface area contributed by atoms with E-state index in [4.69, 9.17) is 9.84 Å². The van der Waals surface area contributed by atoms with E-state index >= 15 is 0 Å². The highest BCUT2D eigenvalue weighted by atomic mass is 19.4. The number of halogens is 5. The van der Waals surface area contributed by atoms with E-state index in [1.54, 1.807) is 24.3 Å². The van der Waals surface area contributed by atoms with Crippen LogP contribution in [0, 0.1) is 17.6 Å². The Labute approximate surface area is 228 Å². The number of alkyl halides is 3. The molecule has 0 heterocycles. The van der Waals surface area contributed by atoms with Gasteiger partial charge < -0.3 is 20.5 Å². The zero-order chi connectivity index (χ0) is 29.4. The number of aliphatic carboxylic acids is 1. The van der Waals surface area contributed by atoms with E-state index in [1.807, 2.05) is 13.8 Å². The van der Waals surface area contributed by atoms with Gasteiger partial charge in [0.05, 0.1) is 23.6 Å². The third-order valence-corrected chi connectivity index (χ3v) is 5.87. The van der Waals surface area contributed by atoms with Crippen molar-refractivity contribution in [3.8, 4) is 16.9 Å². The van der Waals surface area contributed by atoms with E-state index in [1.165, 1.54) is 0 Å². The van der Waals surface area contributed by atoms with E-state index in [0.29, 0.717) is 17.7 Å². The maximum Gasteiger partial charge on any atom is 0.416 e. The molecular weight excluding hydrogens is 535 g/mol. The zero-order valence-electron chi connectivity index (χ0n) is 21.8. The topological polar surface area (TPSA) is 87.7 Å². The van der Waals surface area contributed by atoms with Gasteiger partial charge in [-0.05, 0) is 54.3 Å². The molecule has 0 spiro atoms. The van der Waals surface area contributed by atoms with Gasteiger partial charge in [0.2, 0.25) is 0 Å². The molecule has 11 heteroatoms. The first-order valence-electron chi connectivity index (χ1n) is 12.5. The fraction of sp³-hybridized carbons (Fsp3) is 0.310. The molecule has 3 aromatic carbocycles. The fourth-order valence-corrected chi connectivity index (χ4v) is 4.01. The van der Waals surface area contributed by atoms with Crippen LogP contribution in [0.2, 0.25) is 0 Å². The van der Waals surface area contributed by atoms with Crippen LogP contribution in [0.25, 0.3) is 11.1 Å². The highest BCUT2D eigenvalue weighted by molar-refractivity contribution is 5.94. The largest absolute Gasteiger partial charge is 0.491 e. The molecule has 0 saturated heterocycles. The van der Waals surface area contributed by atoms with Gasteiger partial charge in [0, 0.05) is 29.9 Å². The molecule has 1 unspecified atom stereocenters. The summed E-state index contributed by atoms with van der Waals surface area (Å²) in [5.41, 5.74) is -0.384. The second-order valence-corrected chi connectivity index (χ2v) is 9.60. The van der Waals surface area contributed by atoms with Crippen LogP contribution in [0.3, 0.4) is 0 Å². The van der Waals surface area contributed by atoms with Crippen molar-refractivity contribution in [2.45, 2.75) is 38.9 Å². The van der Waals surface area contributed by atoms with Crippen LogP contribution in [0.5, 0.6) is 5.75 Å². The molecule has 214 valence electrons. The molecule has 40 heavy (non-hydrogen) atoms. The van der Waals surface area contributed by atoms with Gasteiger partial charge in [-0.2, -0.15) is 13.2 Å². The van der Waals surface area contributed by atoms with Crippen molar-refractivity contribution < 1.29 is 41.4 Å². The smallest absolute Gasteiger partial charge is 0.416 e. The van der Waals surface area contributed by atoms with Gasteiger partial charge in [-0.25, -0.2) is 8.78 Å². The minimum Gasteiger partial charge on any atom is -0.491 e. The lowest BCUT2D eigenvalue weighted by Gasteiger charge is -2.22. The number of carbonyl (C=O) groups is 2. The summed E-state index contributed by atoms with van der Waals surface area (Å²) in [6, 6.07) is 11.8. The lowest BCUT2D eigenvalue weighted by atomic mass is 10.0. The van der Waals surface area contributed by atoms with Gasteiger partial charge in [0.1, 0.15) is 24.0 Å². The molecule has 0 fully saturated rings. The molecule has 3 N–H and O–H groups in total. The number of hydrogen-bond donors (Lipinski definition) is 3. The standard InChI is InChI=1S/C29H29F5N2O4/c1-17(2)13-22(36-21-9-5-19(6-10-21)28(39)35-12-11-26(37)38)16-40-23-14-24(30)27(25(31)15-23)18-3-7-20(8-4-18)29(32,33)34/h3-10,14-15,17,22,36H,11-13,16H2,1-2H3,(H,35,39)(H,37,38). The average Bonchev–Trinajstić information content (AvgIpc) is 2.86. The van der Waals surface area contributed by atoms with Crippen LogP contribution < -0.4 is 15.4 Å². The van der Waals surface area contributed by atoms with Gasteiger partial charge in [-0.3, -0.25) is 9.59 Å². The Kier molecular flexibility index (Phi) is 10.1. The van der Waals surface area contributed by atoms with Crippen LogP contribution in [-0.2, 0) is 11.0 Å². The van der Waals surface area contributed by atoms with Crippen LogP contribution >= 0.6 is 0 Å². The molecule has 1 atom stereocenters. The predicted molar refractivity (Wildman–Crippen MR) is 140 cm³/mol. The zero-order valence-corrected chi connectivity index (χ0v) is 21.8. The Morgan fingerprint density at radius 1 is 0.950 bits per heavy atom. The SMILES string of the molecule is CC(C)CC(COc1cc(F)c(-c2ccc(C(F)(F)F)cc2)c(F)c1)Nc1ccc(C(=O)NCCC(=O)O)cc1. The summed E-state index contributed by atoms with van der Waals surface area (Å²) in [4.78, 5) is 22.7. The molecule has 0 saturated carbocycles. The van der Waals surface area contributed by atoms with Crippen molar-refractivity contribution in [3.05, 3.63) is 83.4 Å². The van der Waals surface area contributed by atoms with Crippen LogP contribution in [-0.4, -0.2) is 36.2 Å². The Hall–Kier alpha value is -4.15. The van der Waals surface area contributed by atoms with Gasteiger partial charge in [-0.1, -0.05) is 26.0 Å². The number of amides is 1. The normalized spacial score (nSPS) is 12.2. The summed E-state index contributed by atoms with van der Waals surface area (Å²) in [5.74, 6) is -3.19. The number of hydrogen-bond acceptors (Lipinski definition) is 4. The Morgan fingerprint density at radius 3 is 2.08 bits per heavy atom. The summed E-state index contributed by atoms with van der Waals surface area (Å²) < 4.78 is 73.7. The summed E-state index contributed by atoms with van der Waals surface area (Å²) in [6.45, 7) is 4.05. The maximum absolute atomic E-state index is 14.8. The third kappa shape index (κ3) is 8.69. The molecule has 3 rings (SSSR count). The van der Waals surface area contributed by atoms with Crippen molar-refractivity contribution in [2.75, 3.05) is 18.5 Å². The molecule has 0 aliphatic rings. The van der Waals surface area contributed by atoms with E-state index < -0.39 is 40.8 Å². The van der Waals surface area contributed by atoms with Crippen LogP contribution in [0.4, 0.5) is 27.6 Å². The molecule has 0 radical (unpaired) electrons. The number of benzene rings is 3. The number of carboxylic acid groups (broad SMARTS) is 1. The summed E-state index contributed by atoms with van der Waals surface area (Å²) in [7, 11) is 0. The molecule has 0 aromatic heterocycles. The molecule has 6 nitrogen and oxygen atoms in total. The van der Waals surface area contributed by atoms with E-state index in [2.05, 4.69) is 10.6 Å². The summed E-state index contributed by atoms with van der Waals surface area (Å²) in [6.07, 6.45) is -4.10. The number of rotatable bonds is 12. The lowest BCUT2D eigenvalue weighted by molar-refractivity contribution is -0.138. The summed E-state index contributed by atoms with van der Waals surface area (Å²) >= 11 is 0. The van der Waals surface area contributed by atoms with Crippen molar-refractivity contribution in [3.63, 3.8) is 0 Å². The number of ether oxygens (including phenoxy) is 1. The highest BCUT2D eigenvalue weighted by Gasteiger charge is 2.30. The van der Waals surface area contributed by atoms with Crippen molar-refractivity contribution in [1.29, 1.82) is 0 Å². The third-order valence-electron chi connectivity index (χ3n) is 5.87. The number of nitrogens with one attached hydrogen (secondary N) is 2. The van der Waals surface area contributed by atoms with Crippen molar-refractivity contribution in [2.24, 2.45) is 5.92 Å². The van der Waals surface area contributed by atoms with Gasteiger partial charge in [0.15, 0.2) is 0 Å². The number of carbonyl (C=O) groups excluding carboxylic acids is 1. The Morgan fingerprint density at radius 2 is 1.55 bits per heavy atom. The number of carboxylic acids is 1. The molecule has 0 aliphatic carbocycles. The van der Waals surface area contributed by atoms with E-state index in [0.717, 1.165) is 36.4 Å². The van der Waals surface area contributed by atoms with Gasteiger partial charge in [-0.15, -0.1) is 0 Å². The second kappa shape index (κ2) is 13.3. The number of anilines is 1. The van der Waals surface area contributed by atoms with Crippen LogP contribution in [0.1, 0.15) is 42.6 Å². The first kappa shape index (κ1) is 30.4. The molecule has 1 amide bonds. The molecule has 3 aromatic rings. The summed E-state index contributed by atoms with van der Waals surface area (Å²) in [5, 5.41) is 14.5. The van der Waals surface area contributed by atoms with E-state index in [9.17, 15) is 31.5 Å². The predicted octanol–water partition coefficient (Wildman–Crippen LogP) is 6.76. The maximum atomic E-state index is 14.8. The van der Waals surface area contributed by atoms with Crippen LogP contribution in [0.15, 0.2) is 60.7 Å². The van der Waals surface area contributed by atoms with E-state index in [-0.39, 0.29) is 42.8 Å². The first-order valence-corrected chi connectivity index (χ1v) is 12.5. The second-order valence-electron chi connectivity index (χ2n) is 9.60. The molecule has 0 aliphatic heterocycles. The lowest BCUT2D eigenvalue weighted by Crippen LogP contribution is -2.29. The van der Waals surface area contributed by atoms with Gasteiger partial charge >= 0.3 is 12.1 Å². The van der Waals surface area contributed by atoms with Crippen molar-refractivity contribution >= 4 is 17.6 Å². The fourth-order valence-electron chi connectivity index (χ4n) is 4.01. The Bertz CT molecular complexity index is 1290. The Balaban J connectivity index is 1.66. The average molecular weight is 565 g/mol. The highest BCUT2D eigenvalue weighted by Crippen LogP contribution is 2.34. The quantitative estimate of drug-likeness (QED) is 0.212. The molecular formula is C29H29F5N2O4.